The van der Waals surface area contributed by atoms with Crippen molar-refractivity contribution in [3.05, 3.63) is 72.7 Å². The number of hydrogen-bond acceptors (Lipinski definition) is 2. The highest BCUT2D eigenvalue weighted by atomic mass is 35.5. The highest BCUT2D eigenvalue weighted by Gasteiger charge is 2.24. The van der Waals surface area contributed by atoms with Crippen LogP contribution >= 0.6 is 34.8 Å². The molecule has 0 aliphatic rings. The molecule has 0 saturated carbocycles. The predicted octanol–water partition coefficient (Wildman–Crippen LogP) is 5.15. The zero-order valence-electron chi connectivity index (χ0n) is 9.57. The van der Waals surface area contributed by atoms with Gasteiger partial charge in [0.05, 0.1) is 9.95 Å². The van der Waals surface area contributed by atoms with Crippen LogP contribution in [0.2, 0.25) is 15.1 Å². The van der Waals surface area contributed by atoms with Crippen LogP contribution in [-0.2, 0) is 6.42 Å². The van der Waals surface area contributed by atoms with Crippen molar-refractivity contribution < 1.29 is 4.92 Å². The van der Waals surface area contributed by atoms with E-state index >= 15 is 0 Å². The van der Waals surface area contributed by atoms with Crippen LogP contribution in [0.4, 0.5) is 5.69 Å². The van der Waals surface area contributed by atoms with Gasteiger partial charge in [0.1, 0.15) is 10.0 Å². The number of nitro benzene ring substituents is 1. The molecule has 6 heteroatoms. The van der Waals surface area contributed by atoms with Crippen LogP contribution in [0.5, 0.6) is 0 Å². The minimum Gasteiger partial charge on any atom is -0.258 e. The molecule has 0 unspecified atom stereocenters. The molecule has 0 atom stereocenters. The number of hydrogen-bond donors (Lipinski definition) is 0. The van der Waals surface area contributed by atoms with E-state index in [0.717, 1.165) is 5.56 Å². The summed E-state index contributed by atoms with van der Waals surface area (Å²) in [5, 5.41) is 11.0. The normalized spacial score (nSPS) is 10.5. The van der Waals surface area contributed by atoms with E-state index in [4.69, 9.17) is 34.8 Å². The van der Waals surface area contributed by atoms with Crippen molar-refractivity contribution in [1.82, 2.24) is 0 Å². The highest BCUT2D eigenvalue weighted by Crippen LogP contribution is 2.40. The molecule has 0 N–H and O–H groups in total. The summed E-state index contributed by atoms with van der Waals surface area (Å²) in [7, 11) is 0. The topological polar surface area (TPSA) is 43.1 Å². The summed E-state index contributed by atoms with van der Waals surface area (Å²) in [4.78, 5) is 10.4. The van der Waals surface area contributed by atoms with Crippen molar-refractivity contribution in [1.29, 1.82) is 0 Å². The zero-order chi connectivity index (χ0) is 14.0. The van der Waals surface area contributed by atoms with Crippen LogP contribution in [0.3, 0.4) is 0 Å². The van der Waals surface area contributed by atoms with E-state index in [2.05, 4.69) is 0 Å². The van der Waals surface area contributed by atoms with Crippen LogP contribution in [0.15, 0.2) is 36.4 Å². The summed E-state index contributed by atoms with van der Waals surface area (Å²) >= 11 is 17.8. The lowest BCUT2D eigenvalue weighted by molar-refractivity contribution is -0.384. The predicted molar refractivity (Wildman–Crippen MR) is 77.4 cm³/mol. The lowest BCUT2D eigenvalue weighted by atomic mass is 10.0. The van der Waals surface area contributed by atoms with Gasteiger partial charge in [-0.15, -0.1) is 0 Å². The van der Waals surface area contributed by atoms with Gasteiger partial charge in [-0.2, -0.15) is 0 Å². The maximum atomic E-state index is 11.0. The first-order valence-corrected chi connectivity index (χ1v) is 6.48. The minimum atomic E-state index is -0.620. The lowest BCUT2D eigenvalue weighted by Gasteiger charge is -2.08. The number of halogens is 3. The van der Waals surface area contributed by atoms with E-state index < -0.39 is 4.92 Å². The van der Waals surface area contributed by atoms with Crippen molar-refractivity contribution in [3.63, 3.8) is 0 Å². The molecule has 0 radical (unpaired) electrons. The maximum Gasteiger partial charge on any atom is 0.308 e. The highest BCUT2D eigenvalue weighted by molar-refractivity contribution is 6.45. The van der Waals surface area contributed by atoms with E-state index in [0.29, 0.717) is 12.0 Å². The molecule has 3 nitrogen and oxygen atoms in total. The quantitative estimate of drug-likeness (QED) is 0.447. The summed E-state index contributed by atoms with van der Waals surface area (Å²) in [6.07, 6.45) is 0.456. The Morgan fingerprint density at radius 3 is 2.26 bits per heavy atom. The monoisotopic (exact) mass is 315 g/mol. The second-order valence-electron chi connectivity index (χ2n) is 3.91. The Morgan fingerprint density at radius 1 is 1.05 bits per heavy atom. The zero-order valence-corrected chi connectivity index (χ0v) is 11.8. The molecular formula is C13H8Cl3NO2. The first-order chi connectivity index (χ1) is 9.00. The average molecular weight is 317 g/mol. The Balaban J connectivity index is 2.50. The van der Waals surface area contributed by atoms with E-state index in [9.17, 15) is 10.1 Å². The van der Waals surface area contributed by atoms with Gasteiger partial charge in [0.15, 0.2) is 0 Å². The molecule has 0 saturated heterocycles. The largest absolute Gasteiger partial charge is 0.308 e. The lowest BCUT2D eigenvalue weighted by Crippen LogP contribution is -1.97. The fourth-order valence-electron chi connectivity index (χ4n) is 1.75. The Hall–Kier alpha value is -1.29. The van der Waals surface area contributed by atoms with Crippen LogP contribution in [0.1, 0.15) is 11.1 Å². The third kappa shape index (κ3) is 3.00. The molecule has 2 rings (SSSR count). The fraction of sp³-hybridized carbons (Fsp3) is 0.0769. The molecule has 0 heterocycles. The molecule has 0 aromatic heterocycles. The van der Waals surface area contributed by atoms with E-state index in [1.165, 1.54) is 0 Å². The fourth-order valence-corrected chi connectivity index (χ4v) is 2.52. The Bertz CT molecular complexity index is 630. The molecule has 0 bridgehead atoms. The molecule has 98 valence electrons. The number of nitro groups is 1. The van der Waals surface area contributed by atoms with Gasteiger partial charge >= 0.3 is 5.69 Å². The van der Waals surface area contributed by atoms with E-state index in [-0.39, 0.29) is 20.8 Å². The average Bonchev–Trinajstić information content (AvgIpc) is 2.37. The molecule has 0 spiro atoms. The van der Waals surface area contributed by atoms with Crippen molar-refractivity contribution in [3.8, 4) is 0 Å². The van der Waals surface area contributed by atoms with Crippen molar-refractivity contribution >= 4 is 40.5 Å². The molecule has 0 fully saturated rings. The van der Waals surface area contributed by atoms with Crippen LogP contribution in [0, 0.1) is 10.1 Å². The second kappa shape index (κ2) is 5.78. The summed E-state index contributed by atoms with van der Waals surface area (Å²) in [6.45, 7) is 0. The van der Waals surface area contributed by atoms with Gasteiger partial charge in [-0.3, -0.25) is 10.1 Å². The first-order valence-electron chi connectivity index (χ1n) is 5.35. The van der Waals surface area contributed by atoms with Crippen molar-refractivity contribution in [2.24, 2.45) is 0 Å². The van der Waals surface area contributed by atoms with E-state index in [1.54, 1.807) is 6.07 Å². The summed E-state index contributed by atoms with van der Waals surface area (Å²) in [5.41, 5.74) is 1.22. The molecule has 0 amide bonds. The van der Waals surface area contributed by atoms with Crippen LogP contribution in [0.25, 0.3) is 0 Å². The third-order valence-electron chi connectivity index (χ3n) is 2.63. The molecular weight excluding hydrogens is 309 g/mol. The molecule has 2 aromatic rings. The summed E-state index contributed by atoms with van der Waals surface area (Å²) in [5.74, 6) is 0. The molecule has 0 aliphatic heterocycles. The standard InChI is InChI=1S/C13H8Cl3NO2/c14-10-7-9(6-8-4-2-1-3-5-8)11(15)13(12(10)16)17(18)19/h1-5,7H,6H2. The number of benzene rings is 2. The van der Waals surface area contributed by atoms with Gasteiger partial charge in [0, 0.05) is 0 Å². The first kappa shape index (κ1) is 14.1. The van der Waals surface area contributed by atoms with Gasteiger partial charge in [-0.1, -0.05) is 65.1 Å². The van der Waals surface area contributed by atoms with Crippen LogP contribution in [-0.4, -0.2) is 4.92 Å². The van der Waals surface area contributed by atoms with Gasteiger partial charge in [-0.25, -0.2) is 0 Å². The number of rotatable bonds is 3. The SMILES string of the molecule is O=[N+]([O-])c1c(Cl)c(Cl)cc(Cc2ccccc2)c1Cl. The maximum absolute atomic E-state index is 11.0. The van der Waals surface area contributed by atoms with Gasteiger partial charge in [0.2, 0.25) is 0 Å². The molecule has 2 aromatic carbocycles. The van der Waals surface area contributed by atoms with Crippen molar-refractivity contribution in [2.75, 3.05) is 0 Å². The molecule has 19 heavy (non-hydrogen) atoms. The minimum absolute atomic E-state index is 0.0308. The third-order valence-corrected chi connectivity index (χ3v) is 3.83. The van der Waals surface area contributed by atoms with Gasteiger partial charge < -0.3 is 0 Å². The Kier molecular flexibility index (Phi) is 4.30. The number of nitrogens with zero attached hydrogens (tertiary/aromatic N) is 1. The van der Waals surface area contributed by atoms with Gasteiger partial charge in [0.25, 0.3) is 0 Å². The van der Waals surface area contributed by atoms with Gasteiger partial charge in [-0.05, 0) is 23.6 Å². The summed E-state index contributed by atoms with van der Waals surface area (Å²) in [6, 6.07) is 11.0. The van der Waals surface area contributed by atoms with Crippen LogP contribution < -0.4 is 0 Å². The summed E-state index contributed by atoms with van der Waals surface area (Å²) < 4.78 is 0. The van der Waals surface area contributed by atoms with Crippen molar-refractivity contribution in [2.45, 2.75) is 6.42 Å². The van der Waals surface area contributed by atoms with E-state index in [1.807, 2.05) is 30.3 Å². The molecule has 0 aliphatic carbocycles. The Labute approximate surface area is 124 Å². The smallest absolute Gasteiger partial charge is 0.258 e. The Morgan fingerprint density at radius 2 is 1.68 bits per heavy atom. The second-order valence-corrected chi connectivity index (χ2v) is 5.08.